The van der Waals surface area contributed by atoms with Crippen molar-refractivity contribution in [3.63, 3.8) is 0 Å². The van der Waals surface area contributed by atoms with Crippen molar-refractivity contribution in [2.24, 2.45) is 0 Å². The lowest BCUT2D eigenvalue weighted by molar-refractivity contribution is 0.168. The largest absolute Gasteiger partial charge is 0.386 e. The molecule has 1 saturated carbocycles. The van der Waals surface area contributed by atoms with Crippen LogP contribution in [0.4, 0.5) is 8.78 Å². The summed E-state index contributed by atoms with van der Waals surface area (Å²) in [5, 5.41) is 10.2. The molecule has 1 aliphatic carbocycles. The van der Waals surface area contributed by atoms with Crippen molar-refractivity contribution in [1.82, 2.24) is 9.55 Å². The van der Waals surface area contributed by atoms with Gasteiger partial charge in [0, 0.05) is 18.5 Å². The van der Waals surface area contributed by atoms with Crippen LogP contribution in [0.2, 0.25) is 0 Å². The monoisotopic (exact) mass is 264 g/mol. The lowest BCUT2D eigenvalue weighted by atomic mass is 10.1. The van der Waals surface area contributed by atoms with Crippen molar-refractivity contribution in [1.29, 1.82) is 0 Å². The number of nitrogens with zero attached hydrogens (tertiary/aromatic N) is 2. The summed E-state index contributed by atoms with van der Waals surface area (Å²) >= 11 is 0. The van der Waals surface area contributed by atoms with Crippen LogP contribution in [0.1, 0.15) is 36.2 Å². The van der Waals surface area contributed by atoms with E-state index in [1.165, 1.54) is 12.1 Å². The number of aliphatic hydroxyl groups is 1. The molecule has 19 heavy (non-hydrogen) atoms. The molecule has 0 bridgehead atoms. The molecule has 3 rings (SSSR count). The predicted octanol–water partition coefficient (Wildman–Crippen LogP) is 2.77. The van der Waals surface area contributed by atoms with Crippen molar-refractivity contribution in [3.05, 3.63) is 53.6 Å². The van der Waals surface area contributed by atoms with Crippen LogP contribution < -0.4 is 0 Å². The molecule has 0 spiro atoms. The molecule has 0 saturated heterocycles. The van der Waals surface area contributed by atoms with Crippen molar-refractivity contribution >= 4 is 0 Å². The van der Waals surface area contributed by atoms with Gasteiger partial charge in [-0.3, -0.25) is 0 Å². The van der Waals surface area contributed by atoms with Crippen LogP contribution in [0.5, 0.6) is 0 Å². The first-order valence-electron chi connectivity index (χ1n) is 6.28. The van der Waals surface area contributed by atoms with Gasteiger partial charge in [0.05, 0.1) is 24.3 Å². The Kier molecular flexibility index (Phi) is 3.06. The minimum absolute atomic E-state index is 0.174. The average molecular weight is 264 g/mol. The van der Waals surface area contributed by atoms with E-state index in [-0.39, 0.29) is 6.42 Å². The maximum Gasteiger partial charge on any atom is 0.126 e. The summed E-state index contributed by atoms with van der Waals surface area (Å²) in [5.41, 5.74) is 1.14. The van der Waals surface area contributed by atoms with Crippen LogP contribution in [-0.2, 0) is 6.42 Å². The zero-order valence-corrected chi connectivity index (χ0v) is 10.3. The average Bonchev–Trinajstić information content (AvgIpc) is 3.05. The Labute approximate surface area is 109 Å². The van der Waals surface area contributed by atoms with Gasteiger partial charge in [0.1, 0.15) is 11.6 Å². The molecular weight excluding hydrogens is 250 g/mol. The zero-order valence-electron chi connectivity index (χ0n) is 10.3. The molecule has 1 atom stereocenters. The van der Waals surface area contributed by atoms with Crippen LogP contribution in [0, 0.1) is 11.6 Å². The topological polar surface area (TPSA) is 38.1 Å². The highest BCUT2D eigenvalue weighted by molar-refractivity contribution is 5.20. The quantitative estimate of drug-likeness (QED) is 0.922. The van der Waals surface area contributed by atoms with E-state index in [9.17, 15) is 13.9 Å². The van der Waals surface area contributed by atoms with E-state index in [0.717, 1.165) is 18.9 Å². The number of rotatable bonds is 4. The first-order chi connectivity index (χ1) is 9.13. The molecule has 1 N–H and O–H groups in total. The molecule has 1 aromatic carbocycles. The number of aromatic nitrogens is 2. The van der Waals surface area contributed by atoms with Crippen LogP contribution in [0.25, 0.3) is 0 Å². The van der Waals surface area contributed by atoms with E-state index in [1.54, 1.807) is 12.5 Å². The molecule has 1 aliphatic rings. The second kappa shape index (κ2) is 4.74. The number of aliphatic hydroxyl groups excluding tert-OH is 1. The molecule has 0 radical (unpaired) electrons. The van der Waals surface area contributed by atoms with Crippen LogP contribution in [0.3, 0.4) is 0 Å². The van der Waals surface area contributed by atoms with Crippen molar-refractivity contribution in [2.45, 2.75) is 31.4 Å². The lowest BCUT2D eigenvalue weighted by Crippen LogP contribution is -2.08. The third-order valence-corrected chi connectivity index (χ3v) is 3.33. The molecule has 3 nitrogen and oxygen atoms in total. The Bertz CT molecular complexity index is 573. The minimum Gasteiger partial charge on any atom is -0.386 e. The van der Waals surface area contributed by atoms with Crippen molar-refractivity contribution < 1.29 is 13.9 Å². The molecular formula is C14H14F2N2O. The first kappa shape index (κ1) is 12.3. The number of benzene rings is 1. The Morgan fingerprint density at radius 1 is 1.26 bits per heavy atom. The van der Waals surface area contributed by atoms with Crippen molar-refractivity contribution in [2.75, 3.05) is 0 Å². The van der Waals surface area contributed by atoms with Gasteiger partial charge in [-0.1, -0.05) is 0 Å². The van der Waals surface area contributed by atoms with Gasteiger partial charge in [0.25, 0.3) is 0 Å². The van der Waals surface area contributed by atoms with Gasteiger partial charge in [-0.15, -0.1) is 0 Å². The van der Waals surface area contributed by atoms with E-state index >= 15 is 0 Å². The second-order valence-corrected chi connectivity index (χ2v) is 4.95. The summed E-state index contributed by atoms with van der Waals surface area (Å²) in [4.78, 5) is 4.04. The highest BCUT2D eigenvalue weighted by Gasteiger charge is 2.27. The number of hydrogen-bond donors (Lipinski definition) is 1. The summed E-state index contributed by atoms with van der Waals surface area (Å²) in [5.74, 6) is -1.25. The highest BCUT2D eigenvalue weighted by Crippen LogP contribution is 2.37. The zero-order chi connectivity index (χ0) is 13.4. The fraction of sp³-hybridized carbons (Fsp3) is 0.357. The molecule has 1 fully saturated rings. The molecule has 1 heterocycles. The minimum atomic E-state index is -0.802. The third-order valence-electron chi connectivity index (χ3n) is 3.33. The SMILES string of the molecule is OC(Cc1cc(F)cc(F)c1)c1cncn1C1CC1. The van der Waals surface area contributed by atoms with Gasteiger partial charge in [-0.2, -0.15) is 0 Å². The van der Waals surface area contributed by atoms with Crippen LogP contribution in [-0.4, -0.2) is 14.7 Å². The van der Waals surface area contributed by atoms with E-state index in [4.69, 9.17) is 0 Å². The number of imidazole rings is 1. The van der Waals surface area contributed by atoms with E-state index in [0.29, 0.717) is 17.3 Å². The van der Waals surface area contributed by atoms with Gasteiger partial charge >= 0.3 is 0 Å². The fourth-order valence-corrected chi connectivity index (χ4v) is 2.29. The summed E-state index contributed by atoms with van der Waals surface area (Å²) < 4.78 is 28.1. The predicted molar refractivity (Wildman–Crippen MR) is 65.5 cm³/mol. The maximum absolute atomic E-state index is 13.1. The summed E-state index contributed by atoms with van der Waals surface area (Å²) in [6.45, 7) is 0. The third kappa shape index (κ3) is 2.66. The van der Waals surface area contributed by atoms with Gasteiger partial charge in [-0.05, 0) is 30.5 Å². The smallest absolute Gasteiger partial charge is 0.126 e. The summed E-state index contributed by atoms with van der Waals surface area (Å²) in [7, 11) is 0. The summed E-state index contributed by atoms with van der Waals surface area (Å²) in [6.07, 6.45) is 4.85. The molecule has 2 aromatic rings. The second-order valence-electron chi connectivity index (χ2n) is 4.95. The molecule has 1 unspecified atom stereocenters. The first-order valence-corrected chi connectivity index (χ1v) is 6.28. The van der Waals surface area contributed by atoms with Gasteiger partial charge in [0.15, 0.2) is 0 Å². The molecule has 0 amide bonds. The number of halogens is 2. The fourth-order valence-electron chi connectivity index (χ4n) is 2.29. The lowest BCUT2D eigenvalue weighted by Gasteiger charge is -2.13. The van der Waals surface area contributed by atoms with Crippen LogP contribution in [0.15, 0.2) is 30.7 Å². The number of hydrogen-bond acceptors (Lipinski definition) is 2. The van der Waals surface area contributed by atoms with Gasteiger partial charge in [0.2, 0.25) is 0 Å². The highest BCUT2D eigenvalue weighted by atomic mass is 19.1. The van der Waals surface area contributed by atoms with Crippen molar-refractivity contribution in [3.8, 4) is 0 Å². The van der Waals surface area contributed by atoms with E-state index < -0.39 is 17.7 Å². The molecule has 100 valence electrons. The standard InChI is InChI=1S/C14H14F2N2O/c15-10-3-9(4-11(16)6-10)5-14(19)13-7-17-8-18(13)12-1-2-12/h3-4,6-8,12,14,19H,1-2,5H2. The maximum atomic E-state index is 13.1. The molecule has 5 heteroatoms. The van der Waals surface area contributed by atoms with Gasteiger partial charge < -0.3 is 9.67 Å². The Morgan fingerprint density at radius 3 is 2.58 bits per heavy atom. The molecule has 1 aromatic heterocycles. The van der Waals surface area contributed by atoms with Gasteiger partial charge in [-0.25, -0.2) is 13.8 Å². The van der Waals surface area contributed by atoms with E-state index in [1.807, 2.05) is 4.57 Å². The van der Waals surface area contributed by atoms with E-state index in [2.05, 4.69) is 4.98 Å². The molecule has 0 aliphatic heterocycles. The normalized spacial score (nSPS) is 16.6. The Morgan fingerprint density at radius 2 is 1.95 bits per heavy atom. The summed E-state index contributed by atoms with van der Waals surface area (Å²) in [6, 6.07) is 3.72. The Balaban J connectivity index is 1.80. The Hall–Kier alpha value is -1.75. The van der Waals surface area contributed by atoms with Crippen LogP contribution >= 0.6 is 0 Å².